The molecule has 1 heterocycles. The molecule has 5 nitrogen and oxygen atoms in total. The number of benzene rings is 1. The summed E-state index contributed by atoms with van der Waals surface area (Å²) in [5.41, 5.74) is 0.780. The minimum Gasteiger partial charge on any atom is -0.744 e. The van der Waals surface area contributed by atoms with Gasteiger partial charge >= 0.3 is 0 Å². The zero-order valence-corrected chi connectivity index (χ0v) is 15.2. The lowest BCUT2D eigenvalue weighted by atomic mass is 10.2. The number of nitrogens with zero attached hydrogens (tertiary/aromatic N) is 2. The summed E-state index contributed by atoms with van der Waals surface area (Å²) in [6.07, 6.45) is 13.3. The molecule has 2 aromatic rings. The highest BCUT2D eigenvalue weighted by Crippen LogP contribution is 2.10. The second kappa shape index (κ2) is 10.1. The van der Waals surface area contributed by atoms with Crippen molar-refractivity contribution in [3.8, 4) is 0 Å². The molecule has 6 heteroatoms. The molecule has 0 aliphatic carbocycles. The van der Waals surface area contributed by atoms with E-state index in [0.717, 1.165) is 5.56 Å². The Kier molecular flexibility index (Phi) is 8.43. The Bertz CT molecular complexity index is 719. The highest BCUT2D eigenvalue weighted by Gasteiger charge is 1.99. The maximum absolute atomic E-state index is 10.5. The van der Waals surface area contributed by atoms with Gasteiger partial charge in [0.2, 0.25) is 6.33 Å². The zero-order chi connectivity index (χ0) is 18.0. The fourth-order valence-corrected chi connectivity index (χ4v) is 2.60. The third kappa shape index (κ3) is 7.57. The molecule has 24 heavy (non-hydrogen) atoms. The molecule has 2 rings (SSSR count). The summed E-state index contributed by atoms with van der Waals surface area (Å²) in [6.45, 7) is 6.91. The Labute approximate surface area is 145 Å². The van der Waals surface area contributed by atoms with E-state index in [-0.39, 0.29) is 4.90 Å². The first kappa shape index (κ1) is 20.1. The van der Waals surface area contributed by atoms with Crippen molar-refractivity contribution >= 4 is 16.2 Å². The molecule has 0 bridgehead atoms. The van der Waals surface area contributed by atoms with E-state index in [4.69, 9.17) is 0 Å². The van der Waals surface area contributed by atoms with Crippen LogP contribution >= 0.6 is 0 Å². The Balaban J connectivity index is 0.000000240. The van der Waals surface area contributed by atoms with Gasteiger partial charge in [0.1, 0.15) is 22.5 Å². The van der Waals surface area contributed by atoms with Gasteiger partial charge in [0.25, 0.3) is 0 Å². The van der Waals surface area contributed by atoms with Crippen molar-refractivity contribution in [3.05, 3.63) is 55.1 Å². The van der Waals surface area contributed by atoms with Gasteiger partial charge in [-0.25, -0.2) is 17.6 Å². The van der Waals surface area contributed by atoms with E-state index in [1.807, 2.05) is 0 Å². The maximum atomic E-state index is 10.5. The van der Waals surface area contributed by atoms with Crippen LogP contribution in [0.3, 0.4) is 0 Å². The lowest BCUT2D eigenvalue weighted by Gasteiger charge is -2.05. The molecule has 0 saturated carbocycles. The molecule has 0 amide bonds. The summed E-state index contributed by atoms with van der Waals surface area (Å²) in [4.78, 5) is -0.215. The summed E-state index contributed by atoms with van der Waals surface area (Å²) >= 11 is 0. The molecule has 1 aromatic heterocycles. The van der Waals surface area contributed by atoms with E-state index in [1.54, 1.807) is 6.08 Å². The molecule has 1 aromatic carbocycles. The Morgan fingerprint density at radius 2 is 1.88 bits per heavy atom. The minimum atomic E-state index is -4.31. The van der Waals surface area contributed by atoms with Crippen LogP contribution in [0.15, 0.2) is 54.5 Å². The number of aryl methyl sites for hydroxylation is 2. The minimum absolute atomic E-state index is 0.215. The quantitative estimate of drug-likeness (QED) is 0.438. The van der Waals surface area contributed by atoms with Crippen LogP contribution in [0.25, 0.3) is 6.08 Å². The largest absolute Gasteiger partial charge is 0.744 e. The predicted molar refractivity (Wildman–Crippen MR) is 94.2 cm³/mol. The Hall–Kier alpha value is -1.92. The Morgan fingerprint density at radius 3 is 2.33 bits per heavy atom. The second-order valence-electron chi connectivity index (χ2n) is 5.60. The van der Waals surface area contributed by atoms with Gasteiger partial charge in [0.15, 0.2) is 0 Å². The first-order chi connectivity index (χ1) is 11.4. The van der Waals surface area contributed by atoms with Crippen molar-refractivity contribution in [1.82, 2.24) is 4.57 Å². The summed E-state index contributed by atoms with van der Waals surface area (Å²) in [6, 6.07) is 5.58. The van der Waals surface area contributed by atoms with Gasteiger partial charge in [-0.15, -0.1) is 0 Å². The summed E-state index contributed by atoms with van der Waals surface area (Å²) < 4.78 is 35.7. The average Bonchev–Trinajstić information content (AvgIpc) is 2.97. The van der Waals surface area contributed by atoms with Gasteiger partial charge in [-0.2, -0.15) is 0 Å². The number of imidazole rings is 1. The predicted octanol–water partition coefficient (Wildman–Crippen LogP) is 3.13. The highest BCUT2D eigenvalue weighted by molar-refractivity contribution is 7.85. The molecular formula is C18H26N2O3S. The molecule has 0 fully saturated rings. The van der Waals surface area contributed by atoms with Gasteiger partial charge in [-0.05, 0) is 30.5 Å². The molecule has 0 saturated heterocycles. The van der Waals surface area contributed by atoms with E-state index >= 15 is 0 Å². The fourth-order valence-electron chi connectivity index (χ4n) is 2.13. The van der Waals surface area contributed by atoms with Gasteiger partial charge in [0, 0.05) is 0 Å². The van der Waals surface area contributed by atoms with Crippen molar-refractivity contribution in [2.24, 2.45) is 7.05 Å². The lowest BCUT2D eigenvalue weighted by Crippen LogP contribution is -2.23. The smallest absolute Gasteiger partial charge is 0.243 e. The van der Waals surface area contributed by atoms with E-state index in [1.165, 1.54) is 56.5 Å². The average molecular weight is 350 g/mol. The third-order valence-corrected chi connectivity index (χ3v) is 4.35. The number of rotatable bonds is 7. The van der Waals surface area contributed by atoms with Crippen LogP contribution in [0.1, 0.15) is 38.2 Å². The maximum Gasteiger partial charge on any atom is 0.243 e. The second-order valence-corrected chi connectivity index (χ2v) is 6.98. The first-order valence-corrected chi connectivity index (χ1v) is 9.47. The van der Waals surface area contributed by atoms with Crippen molar-refractivity contribution in [2.45, 2.75) is 44.0 Å². The van der Waals surface area contributed by atoms with Crippen molar-refractivity contribution in [2.75, 3.05) is 0 Å². The standard InChI is InChI=1S/C10H19N2.C8H8O3S/c1-3-4-5-6-7-12-9-8-11(2)10-12;1-2-7-3-5-8(6-4-7)12(9,10)11/h8-10H,3-7H2,1-2H3;2-6H,1H2,(H,9,10,11)/q+1;/p-1. The third-order valence-electron chi connectivity index (χ3n) is 3.50. The molecule has 0 unspecified atom stereocenters. The number of hydrogen-bond donors (Lipinski definition) is 0. The molecule has 132 valence electrons. The lowest BCUT2D eigenvalue weighted by molar-refractivity contribution is -0.671. The highest BCUT2D eigenvalue weighted by atomic mass is 32.2. The van der Waals surface area contributed by atoms with Crippen LogP contribution in [-0.4, -0.2) is 17.5 Å². The van der Waals surface area contributed by atoms with Gasteiger partial charge < -0.3 is 4.55 Å². The fraction of sp³-hybridized carbons (Fsp3) is 0.389. The summed E-state index contributed by atoms with van der Waals surface area (Å²) in [5, 5.41) is 0. The normalized spacial score (nSPS) is 10.8. The molecule has 0 radical (unpaired) electrons. The van der Waals surface area contributed by atoms with Crippen LogP contribution in [0, 0.1) is 0 Å². The topological polar surface area (TPSA) is 66.0 Å². The van der Waals surface area contributed by atoms with Gasteiger partial charge in [0.05, 0.1) is 18.5 Å². The summed E-state index contributed by atoms with van der Waals surface area (Å²) in [7, 11) is -2.25. The van der Waals surface area contributed by atoms with Gasteiger partial charge in [-0.3, -0.25) is 0 Å². The van der Waals surface area contributed by atoms with Crippen LogP contribution in [0.2, 0.25) is 0 Å². The number of aromatic nitrogens is 2. The molecule has 0 spiro atoms. The van der Waals surface area contributed by atoms with Crippen LogP contribution in [0.5, 0.6) is 0 Å². The molecular weight excluding hydrogens is 324 g/mol. The van der Waals surface area contributed by atoms with Crippen LogP contribution in [0.4, 0.5) is 0 Å². The molecule has 0 atom stereocenters. The monoisotopic (exact) mass is 350 g/mol. The molecule has 0 aliphatic rings. The van der Waals surface area contributed by atoms with Crippen molar-refractivity contribution in [1.29, 1.82) is 0 Å². The number of hydrogen-bond acceptors (Lipinski definition) is 3. The Morgan fingerprint density at radius 1 is 1.21 bits per heavy atom. The molecule has 0 N–H and O–H groups in total. The zero-order valence-electron chi connectivity index (χ0n) is 14.4. The van der Waals surface area contributed by atoms with E-state index in [9.17, 15) is 13.0 Å². The van der Waals surface area contributed by atoms with E-state index in [0.29, 0.717) is 0 Å². The molecule has 0 aliphatic heterocycles. The van der Waals surface area contributed by atoms with Gasteiger partial charge in [-0.1, -0.05) is 44.6 Å². The summed E-state index contributed by atoms with van der Waals surface area (Å²) in [5.74, 6) is 0. The first-order valence-electron chi connectivity index (χ1n) is 8.06. The van der Waals surface area contributed by atoms with Crippen LogP contribution in [-0.2, 0) is 23.7 Å². The van der Waals surface area contributed by atoms with E-state index < -0.39 is 10.1 Å². The number of unbranched alkanes of at least 4 members (excludes halogenated alkanes) is 3. The van der Waals surface area contributed by atoms with E-state index in [2.05, 4.69) is 48.4 Å². The van der Waals surface area contributed by atoms with Crippen LogP contribution < -0.4 is 4.57 Å². The SMILES string of the molecule is C=Cc1ccc(S(=O)(=O)[O-])cc1.CCCCCCn1cc[n+](C)c1. The van der Waals surface area contributed by atoms with Crippen molar-refractivity contribution in [3.63, 3.8) is 0 Å². The van der Waals surface area contributed by atoms with Crippen molar-refractivity contribution < 1.29 is 17.5 Å².